The second-order valence-corrected chi connectivity index (χ2v) is 16.7. The van der Waals surface area contributed by atoms with Crippen molar-refractivity contribution in [1.29, 1.82) is 0 Å². The molecular weight excluding hydrogens is 777 g/mol. The number of rotatable bonds is 39. The van der Waals surface area contributed by atoms with E-state index in [9.17, 15) is 28.5 Å². The minimum Gasteiger partial charge on any atom is -0.457 e. The molecule has 0 aromatic rings. The molecule has 0 aromatic heterocycles. The van der Waals surface area contributed by atoms with Gasteiger partial charge in [0.15, 0.2) is 6.29 Å². The summed E-state index contributed by atoms with van der Waals surface area (Å²) in [7, 11) is -5.07. The summed E-state index contributed by atoms with van der Waals surface area (Å²) < 4.78 is 59.0. The maximum absolute atomic E-state index is 12.8. The maximum Gasteiger partial charge on any atom is 0.397 e. The van der Waals surface area contributed by atoms with Crippen molar-refractivity contribution in [2.45, 2.75) is 211 Å². The van der Waals surface area contributed by atoms with E-state index < -0.39 is 59.8 Å². The highest BCUT2D eigenvalue weighted by molar-refractivity contribution is 7.80. The van der Waals surface area contributed by atoms with Gasteiger partial charge in [0.05, 0.1) is 19.8 Å². The van der Waals surface area contributed by atoms with Crippen molar-refractivity contribution >= 4 is 16.4 Å². The summed E-state index contributed by atoms with van der Waals surface area (Å²) in [5.41, 5.74) is 0. The standard InChI is InChI=1S/C46H82O12S/c1-3-5-7-9-11-13-15-17-19-20-22-24-26-28-30-32-34-36-54-38-40(39-55-46-44(50)45(58-59(51,52)53)43(49)41(37-47)57-46)56-42(48)35-33-31-29-27-25-23-21-18-16-14-12-10-8-6-4-2/h6,8,12,14,18-21,40-41,43-47,49-50H,3-5,7,9-11,13,15-17,22-39H2,1-2H3,(H,51,52,53)/b8-6-,14-12-,20-19-,21-18-. The molecule has 1 saturated heterocycles. The fourth-order valence-electron chi connectivity index (χ4n) is 6.74. The summed E-state index contributed by atoms with van der Waals surface area (Å²) in [4.78, 5) is 12.8. The Labute approximate surface area is 357 Å². The number of aliphatic hydroxyl groups is 3. The number of carbonyl (C=O) groups excluding carboxylic acids is 1. The van der Waals surface area contributed by atoms with Gasteiger partial charge in [-0.3, -0.25) is 9.35 Å². The van der Waals surface area contributed by atoms with Gasteiger partial charge in [-0.05, 0) is 70.6 Å². The van der Waals surface area contributed by atoms with Gasteiger partial charge in [-0.1, -0.05) is 146 Å². The van der Waals surface area contributed by atoms with Gasteiger partial charge in [-0.25, -0.2) is 4.18 Å². The zero-order chi connectivity index (χ0) is 43.2. The molecule has 0 radical (unpaired) electrons. The second kappa shape index (κ2) is 37.8. The first-order valence-corrected chi connectivity index (χ1v) is 24.3. The lowest BCUT2D eigenvalue weighted by Crippen LogP contribution is -2.60. The lowest BCUT2D eigenvalue weighted by molar-refractivity contribution is -0.301. The highest BCUT2D eigenvalue weighted by atomic mass is 32.3. The number of hydrogen-bond donors (Lipinski definition) is 4. The number of hydrogen-bond acceptors (Lipinski definition) is 11. The Morgan fingerprint density at radius 3 is 1.73 bits per heavy atom. The lowest BCUT2D eigenvalue weighted by Gasteiger charge is -2.41. The van der Waals surface area contributed by atoms with Crippen molar-refractivity contribution in [3.8, 4) is 0 Å². The first kappa shape index (κ1) is 55.1. The summed E-state index contributed by atoms with van der Waals surface area (Å²) in [6.45, 7) is 3.83. The quantitative estimate of drug-likeness (QED) is 0.0199. The topological polar surface area (TPSA) is 178 Å². The fraction of sp³-hybridized carbons (Fsp3) is 0.804. The molecule has 0 amide bonds. The number of aliphatic hydroxyl groups excluding tert-OH is 3. The van der Waals surface area contributed by atoms with Crippen LogP contribution in [0.3, 0.4) is 0 Å². The van der Waals surface area contributed by atoms with Crippen LogP contribution in [0.4, 0.5) is 0 Å². The Morgan fingerprint density at radius 1 is 0.661 bits per heavy atom. The predicted molar refractivity (Wildman–Crippen MR) is 234 cm³/mol. The van der Waals surface area contributed by atoms with E-state index in [0.717, 1.165) is 77.0 Å². The molecule has 1 aliphatic heterocycles. The van der Waals surface area contributed by atoms with E-state index in [2.05, 4.69) is 66.6 Å². The van der Waals surface area contributed by atoms with Crippen molar-refractivity contribution in [3.05, 3.63) is 48.6 Å². The van der Waals surface area contributed by atoms with Crippen molar-refractivity contribution in [3.63, 3.8) is 0 Å². The smallest absolute Gasteiger partial charge is 0.397 e. The second-order valence-electron chi connectivity index (χ2n) is 15.6. The van der Waals surface area contributed by atoms with Crippen LogP contribution in [-0.2, 0) is 38.3 Å². The average Bonchev–Trinajstić information content (AvgIpc) is 3.20. The van der Waals surface area contributed by atoms with E-state index in [4.69, 9.17) is 23.5 Å². The Kier molecular flexibility index (Phi) is 35.3. The third kappa shape index (κ3) is 31.6. The molecule has 1 rings (SSSR count). The minimum absolute atomic E-state index is 0.0238. The maximum atomic E-state index is 12.8. The van der Waals surface area contributed by atoms with Crippen LogP contribution in [0.25, 0.3) is 0 Å². The number of carbonyl (C=O) groups is 1. The molecule has 59 heavy (non-hydrogen) atoms. The first-order chi connectivity index (χ1) is 28.6. The molecule has 0 aliphatic carbocycles. The zero-order valence-corrected chi connectivity index (χ0v) is 37.4. The van der Waals surface area contributed by atoms with Gasteiger partial charge in [0, 0.05) is 13.0 Å². The van der Waals surface area contributed by atoms with Crippen LogP contribution in [0.1, 0.15) is 174 Å². The van der Waals surface area contributed by atoms with Crippen LogP contribution in [0.15, 0.2) is 48.6 Å². The molecule has 1 fully saturated rings. The van der Waals surface area contributed by atoms with Gasteiger partial charge < -0.3 is 34.3 Å². The number of allylic oxidation sites excluding steroid dienone is 8. The molecule has 6 unspecified atom stereocenters. The van der Waals surface area contributed by atoms with Crippen LogP contribution in [0, 0.1) is 0 Å². The molecule has 4 N–H and O–H groups in total. The summed E-state index contributed by atoms with van der Waals surface area (Å²) in [5.74, 6) is -0.419. The summed E-state index contributed by atoms with van der Waals surface area (Å²) in [6.07, 6.45) is 35.7. The minimum atomic E-state index is -5.07. The lowest BCUT2D eigenvalue weighted by atomic mass is 9.99. The van der Waals surface area contributed by atoms with E-state index in [1.54, 1.807) is 0 Å². The van der Waals surface area contributed by atoms with Crippen LogP contribution in [0.2, 0.25) is 0 Å². The summed E-state index contributed by atoms with van der Waals surface area (Å²) in [6, 6.07) is 0. The number of unbranched alkanes of at least 4 members (excludes halogenated alkanes) is 18. The molecule has 0 saturated carbocycles. The fourth-order valence-corrected chi connectivity index (χ4v) is 7.25. The van der Waals surface area contributed by atoms with Crippen LogP contribution in [0.5, 0.6) is 0 Å². The largest absolute Gasteiger partial charge is 0.457 e. The van der Waals surface area contributed by atoms with Crippen molar-refractivity contribution < 1.29 is 56.2 Å². The van der Waals surface area contributed by atoms with E-state index in [1.165, 1.54) is 70.6 Å². The van der Waals surface area contributed by atoms with Gasteiger partial charge in [-0.2, -0.15) is 8.42 Å². The molecule has 0 bridgehead atoms. The van der Waals surface area contributed by atoms with E-state index >= 15 is 0 Å². The van der Waals surface area contributed by atoms with E-state index in [0.29, 0.717) is 13.0 Å². The highest BCUT2D eigenvalue weighted by Crippen LogP contribution is 2.26. The van der Waals surface area contributed by atoms with Gasteiger partial charge in [0.25, 0.3) is 0 Å². The van der Waals surface area contributed by atoms with E-state index in [1.807, 2.05) is 0 Å². The van der Waals surface area contributed by atoms with Crippen molar-refractivity contribution in [2.75, 3.05) is 26.4 Å². The third-order valence-corrected chi connectivity index (χ3v) is 10.7. The predicted octanol–water partition coefficient (Wildman–Crippen LogP) is 9.58. The van der Waals surface area contributed by atoms with Gasteiger partial charge in [-0.15, -0.1) is 0 Å². The van der Waals surface area contributed by atoms with E-state index in [-0.39, 0.29) is 19.6 Å². The average molecular weight is 859 g/mol. The van der Waals surface area contributed by atoms with Gasteiger partial charge >= 0.3 is 16.4 Å². The van der Waals surface area contributed by atoms with Crippen molar-refractivity contribution in [2.24, 2.45) is 0 Å². The molecule has 1 heterocycles. The Balaban J connectivity index is 2.44. The molecule has 344 valence electrons. The van der Waals surface area contributed by atoms with Gasteiger partial charge in [0.1, 0.15) is 30.5 Å². The zero-order valence-electron chi connectivity index (χ0n) is 36.6. The van der Waals surface area contributed by atoms with Gasteiger partial charge in [0.2, 0.25) is 0 Å². The first-order valence-electron chi connectivity index (χ1n) is 22.9. The number of ether oxygens (including phenoxy) is 4. The molecule has 1 aliphatic rings. The third-order valence-electron chi connectivity index (χ3n) is 10.2. The van der Waals surface area contributed by atoms with Crippen molar-refractivity contribution in [1.82, 2.24) is 0 Å². The van der Waals surface area contributed by atoms with Crippen LogP contribution >= 0.6 is 0 Å². The Morgan fingerprint density at radius 2 is 1.17 bits per heavy atom. The Hall–Kier alpha value is -1.94. The molecular formula is C46H82O12S. The summed E-state index contributed by atoms with van der Waals surface area (Å²) in [5, 5.41) is 30.7. The normalized spacial score (nSPS) is 20.8. The molecule has 13 heteroatoms. The number of esters is 1. The SMILES string of the molecule is CC/C=C\C/C=C\C/C=C\CCCCCCCC(=O)OC(COCCCCCCCC/C=C\CCCCCCCCC)COC1OC(CO)C(O)C(OS(=O)(=O)O)C1O. The molecule has 12 nitrogen and oxygen atoms in total. The Bertz CT molecular complexity index is 1220. The van der Waals surface area contributed by atoms with Crippen LogP contribution in [-0.4, -0.2) is 97.5 Å². The molecule has 6 atom stereocenters. The highest BCUT2D eigenvalue weighted by Gasteiger charge is 2.48. The monoisotopic (exact) mass is 859 g/mol. The molecule has 0 aromatic carbocycles. The summed E-state index contributed by atoms with van der Waals surface area (Å²) >= 11 is 0. The van der Waals surface area contributed by atoms with Crippen LogP contribution < -0.4 is 0 Å². The molecule has 0 spiro atoms.